The van der Waals surface area contributed by atoms with Crippen LogP contribution in [0.4, 0.5) is 5.13 Å². The first-order valence-electron chi connectivity index (χ1n) is 7.31. The van der Waals surface area contributed by atoms with Crippen LogP contribution in [0.3, 0.4) is 0 Å². The van der Waals surface area contributed by atoms with Crippen LogP contribution in [-0.2, 0) is 6.42 Å². The Morgan fingerprint density at radius 1 is 1.30 bits per heavy atom. The second-order valence-corrected chi connectivity index (χ2v) is 6.90. The van der Waals surface area contributed by atoms with Crippen molar-refractivity contribution in [2.24, 2.45) is 0 Å². The van der Waals surface area contributed by atoms with Gasteiger partial charge in [0, 0.05) is 29.0 Å². The Balaban J connectivity index is 1.85. The Hall–Kier alpha value is -2.12. The van der Waals surface area contributed by atoms with Crippen molar-refractivity contribution in [3.8, 4) is 10.6 Å². The molecule has 7 heteroatoms. The van der Waals surface area contributed by atoms with E-state index in [4.69, 9.17) is 0 Å². The summed E-state index contributed by atoms with van der Waals surface area (Å²) in [7, 11) is 0. The topological polar surface area (TPSA) is 67.8 Å². The molecule has 5 nitrogen and oxygen atoms in total. The fourth-order valence-corrected chi connectivity index (χ4v) is 3.66. The van der Waals surface area contributed by atoms with Gasteiger partial charge >= 0.3 is 0 Å². The van der Waals surface area contributed by atoms with Crippen molar-refractivity contribution in [1.82, 2.24) is 15.0 Å². The van der Waals surface area contributed by atoms with Gasteiger partial charge in [-0.25, -0.2) is 9.97 Å². The van der Waals surface area contributed by atoms with Crippen molar-refractivity contribution in [3.05, 3.63) is 46.2 Å². The highest BCUT2D eigenvalue weighted by Crippen LogP contribution is 2.29. The molecule has 0 unspecified atom stereocenters. The molecule has 0 bridgehead atoms. The van der Waals surface area contributed by atoms with Gasteiger partial charge < -0.3 is 0 Å². The average Bonchev–Trinajstić information content (AvgIpc) is 3.17. The highest BCUT2D eigenvalue weighted by Gasteiger charge is 2.17. The van der Waals surface area contributed by atoms with Crippen LogP contribution in [0.1, 0.15) is 34.4 Å². The van der Waals surface area contributed by atoms with Gasteiger partial charge in [0.05, 0.1) is 5.69 Å². The molecule has 0 radical (unpaired) electrons. The van der Waals surface area contributed by atoms with E-state index in [9.17, 15) is 4.79 Å². The lowest BCUT2D eigenvalue weighted by Crippen LogP contribution is -2.11. The summed E-state index contributed by atoms with van der Waals surface area (Å²) in [5.74, 6) is -0.163. The summed E-state index contributed by atoms with van der Waals surface area (Å²) in [6.07, 6.45) is 5.45. The maximum Gasteiger partial charge on any atom is 0.269 e. The molecule has 0 spiro atoms. The number of aromatic nitrogens is 3. The van der Waals surface area contributed by atoms with Crippen LogP contribution in [0.15, 0.2) is 29.9 Å². The summed E-state index contributed by atoms with van der Waals surface area (Å²) in [6, 6.07) is 3.98. The lowest BCUT2D eigenvalue weighted by atomic mass is 10.2. The van der Waals surface area contributed by atoms with E-state index in [1.165, 1.54) is 22.7 Å². The number of rotatable bonds is 5. The zero-order chi connectivity index (χ0) is 16.2. The zero-order valence-corrected chi connectivity index (χ0v) is 14.5. The number of anilines is 1. The number of thiazole rings is 2. The number of nitrogens with zero attached hydrogens (tertiary/aromatic N) is 3. The fraction of sp³-hybridized carbons (Fsp3) is 0.250. The van der Waals surface area contributed by atoms with Crippen molar-refractivity contribution < 1.29 is 4.79 Å². The molecule has 0 saturated carbocycles. The Bertz CT molecular complexity index is 811. The molecule has 3 aromatic rings. The molecule has 0 saturated heterocycles. The minimum absolute atomic E-state index is 0.163. The Morgan fingerprint density at radius 3 is 2.91 bits per heavy atom. The first kappa shape index (κ1) is 15.8. The summed E-state index contributed by atoms with van der Waals surface area (Å²) in [6.45, 7) is 3.98. The van der Waals surface area contributed by atoms with E-state index in [1.54, 1.807) is 12.4 Å². The van der Waals surface area contributed by atoms with E-state index < -0.39 is 0 Å². The Morgan fingerprint density at radius 2 is 2.17 bits per heavy atom. The van der Waals surface area contributed by atoms with Crippen molar-refractivity contribution in [1.29, 1.82) is 0 Å². The Kier molecular flexibility index (Phi) is 4.78. The molecule has 118 valence electrons. The van der Waals surface area contributed by atoms with Crippen molar-refractivity contribution in [2.45, 2.75) is 26.7 Å². The van der Waals surface area contributed by atoms with Crippen molar-refractivity contribution >= 4 is 33.7 Å². The molecule has 1 N–H and O–H groups in total. The molecule has 23 heavy (non-hydrogen) atoms. The number of carbonyl (C=O) groups excluding carboxylic acids is 1. The highest BCUT2D eigenvalue weighted by atomic mass is 32.1. The fourth-order valence-electron chi connectivity index (χ4n) is 2.17. The summed E-state index contributed by atoms with van der Waals surface area (Å²) in [5, 5.41) is 6.06. The van der Waals surface area contributed by atoms with Crippen molar-refractivity contribution in [2.75, 3.05) is 5.32 Å². The quantitative estimate of drug-likeness (QED) is 0.754. The van der Waals surface area contributed by atoms with Crippen LogP contribution in [0.25, 0.3) is 10.6 Å². The molecular weight excluding hydrogens is 328 g/mol. The van der Waals surface area contributed by atoms with Gasteiger partial charge in [-0.3, -0.25) is 15.1 Å². The van der Waals surface area contributed by atoms with Crippen LogP contribution in [0, 0.1) is 6.92 Å². The van der Waals surface area contributed by atoms with Gasteiger partial charge in [0.1, 0.15) is 9.88 Å². The van der Waals surface area contributed by atoms with Crippen LogP contribution in [0.2, 0.25) is 0 Å². The highest BCUT2D eigenvalue weighted by molar-refractivity contribution is 7.17. The van der Waals surface area contributed by atoms with Gasteiger partial charge in [-0.1, -0.05) is 13.3 Å². The first-order chi connectivity index (χ1) is 11.2. The summed E-state index contributed by atoms with van der Waals surface area (Å²) < 4.78 is 0. The number of amides is 1. The summed E-state index contributed by atoms with van der Waals surface area (Å²) in [4.78, 5) is 26.0. The van der Waals surface area contributed by atoms with Gasteiger partial charge in [0.15, 0.2) is 5.13 Å². The molecular formula is C16H16N4OS2. The number of nitrogens with one attached hydrogen (secondary N) is 1. The van der Waals surface area contributed by atoms with Gasteiger partial charge in [0.25, 0.3) is 5.91 Å². The SMILES string of the molecule is CCCc1cc(-c2nc(C)c(C(=O)Nc3nccs3)s2)ccn1. The molecule has 3 heterocycles. The van der Waals surface area contributed by atoms with E-state index in [-0.39, 0.29) is 5.91 Å². The van der Waals surface area contributed by atoms with E-state index in [0.717, 1.165) is 34.8 Å². The number of hydrogen-bond donors (Lipinski definition) is 1. The van der Waals surface area contributed by atoms with Crippen LogP contribution in [-0.4, -0.2) is 20.9 Å². The molecule has 0 aliphatic rings. The molecule has 0 aliphatic heterocycles. The minimum Gasteiger partial charge on any atom is -0.297 e. The van der Waals surface area contributed by atoms with Crippen molar-refractivity contribution in [3.63, 3.8) is 0 Å². The number of pyridine rings is 1. The predicted octanol–water partition coefficient (Wildman–Crippen LogP) is 4.17. The third kappa shape index (κ3) is 3.62. The summed E-state index contributed by atoms with van der Waals surface area (Å²) >= 11 is 2.79. The van der Waals surface area contributed by atoms with Crippen LogP contribution in [0.5, 0.6) is 0 Å². The number of carbonyl (C=O) groups is 1. The van der Waals surface area contributed by atoms with Gasteiger partial charge in [-0.15, -0.1) is 22.7 Å². The molecule has 0 fully saturated rings. The van der Waals surface area contributed by atoms with E-state index >= 15 is 0 Å². The van der Waals surface area contributed by atoms with Crippen LogP contribution >= 0.6 is 22.7 Å². The monoisotopic (exact) mass is 344 g/mol. The first-order valence-corrected chi connectivity index (χ1v) is 9.00. The maximum absolute atomic E-state index is 12.4. The zero-order valence-electron chi connectivity index (χ0n) is 12.9. The van der Waals surface area contributed by atoms with E-state index in [0.29, 0.717) is 10.0 Å². The predicted molar refractivity (Wildman–Crippen MR) is 94.1 cm³/mol. The van der Waals surface area contributed by atoms with Crippen LogP contribution < -0.4 is 5.32 Å². The minimum atomic E-state index is -0.163. The summed E-state index contributed by atoms with van der Waals surface area (Å²) in [5.41, 5.74) is 2.78. The molecule has 3 rings (SSSR count). The van der Waals surface area contributed by atoms with Gasteiger partial charge in [-0.2, -0.15) is 0 Å². The molecule has 0 aliphatic carbocycles. The number of aryl methyl sites for hydroxylation is 2. The maximum atomic E-state index is 12.4. The van der Waals surface area contributed by atoms with E-state index in [2.05, 4.69) is 27.2 Å². The van der Waals surface area contributed by atoms with Gasteiger partial charge in [0.2, 0.25) is 0 Å². The largest absolute Gasteiger partial charge is 0.297 e. The second-order valence-electron chi connectivity index (χ2n) is 5.01. The second kappa shape index (κ2) is 6.97. The molecule has 1 amide bonds. The standard InChI is InChI=1S/C16H16N4OS2/c1-3-4-12-9-11(5-6-17-12)15-19-10(2)13(23-15)14(21)20-16-18-7-8-22-16/h5-9H,3-4H2,1-2H3,(H,18,20,21). The lowest BCUT2D eigenvalue weighted by molar-refractivity contribution is 0.103. The smallest absolute Gasteiger partial charge is 0.269 e. The molecule has 3 aromatic heterocycles. The number of hydrogen-bond acceptors (Lipinski definition) is 6. The van der Waals surface area contributed by atoms with Gasteiger partial charge in [-0.05, 0) is 25.5 Å². The molecule has 0 aromatic carbocycles. The Labute approximate surface area is 142 Å². The third-order valence-electron chi connectivity index (χ3n) is 3.23. The average molecular weight is 344 g/mol. The lowest BCUT2D eigenvalue weighted by Gasteiger charge is -2.00. The normalized spacial score (nSPS) is 10.7. The molecule has 0 atom stereocenters. The van der Waals surface area contributed by atoms with E-state index in [1.807, 2.05) is 24.4 Å². The third-order valence-corrected chi connectivity index (χ3v) is 5.12.